The van der Waals surface area contributed by atoms with Crippen LogP contribution in [0.1, 0.15) is 11.3 Å². The minimum absolute atomic E-state index is 0.128. The van der Waals surface area contributed by atoms with Gasteiger partial charge in [-0.3, -0.25) is 9.30 Å². The molecule has 0 spiro atoms. The molecule has 4 rings (SSSR count). The SMILES string of the molecule is O=C(/C=C/c1c(Cl)nc2sccn12)OC[C@H]1CN(Cc2ccccc2)CCO1. The first-order chi connectivity index (χ1) is 13.7. The van der Waals surface area contributed by atoms with Crippen LogP contribution in [0.4, 0.5) is 0 Å². The van der Waals surface area contributed by atoms with E-state index in [2.05, 4.69) is 22.0 Å². The van der Waals surface area contributed by atoms with Crippen molar-refractivity contribution < 1.29 is 14.3 Å². The fourth-order valence-electron chi connectivity index (χ4n) is 3.16. The van der Waals surface area contributed by atoms with Crippen LogP contribution in [0.5, 0.6) is 0 Å². The zero-order valence-corrected chi connectivity index (χ0v) is 16.7. The van der Waals surface area contributed by atoms with Crippen molar-refractivity contribution in [2.75, 3.05) is 26.3 Å². The molecule has 0 N–H and O–H groups in total. The maximum absolute atomic E-state index is 12.1. The van der Waals surface area contributed by atoms with E-state index in [9.17, 15) is 4.79 Å². The molecule has 0 saturated carbocycles. The summed E-state index contributed by atoms with van der Waals surface area (Å²) in [6, 6.07) is 10.3. The number of carbonyl (C=O) groups excluding carboxylic acids is 1. The Hall–Kier alpha value is -2.19. The van der Waals surface area contributed by atoms with Gasteiger partial charge < -0.3 is 9.47 Å². The highest BCUT2D eigenvalue weighted by Gasteiger charge is 2.21. The van der Waals surface area contributed by atoms with Crippen molar-refractivity contribution in [2.45, 2.75) is 12.6 Å². The molecule has 2 aromatic heterocycles. The Kier molecular flexibility index (Phi) is 6.07. The van der Waals surface area contributed by atoms with Gasteiger partial charge in [-0.1, -0.05) is 41.9 Å². The quantitative estimate of drug-likeness (QED) is 0.454. The summed E-state index contributed by atoms with van der Waals surface area (Å²) in [5.41, 5.74) is 1.93. The molecule has 146 valence electrons. The van der Waals surface area contributed by atoms with E-state index in [1.807, 2.05) is 34.2 Å². The van der Waals surface area contributed by atoms with E-state index >= 15 is 0 Å². The summed E-state index contributed by atoms with van der Waals surface area (Å²) in [7, 11) is 0. The summed E-state index contributed by atoms with van der Waals surface area (Å²) >= 11 is 7.60. The van der Waals surface area contributed by atoms with E-state index in [0.717, 1.165) is 24.6 Å². The molecule has 1 aromatic carbocycles. The van der Waals surface area contributed by atoms with Crippen LogP contribution in [0.15, 0.2) is 48.0 Å². The first-order valence-electron chi connectivity index (χ1n) is 9.03. The van der Waals surface area contributed by atoms with Gasteiger partial charge in [-0.2, -0.15) is 0 Å². The molecule has 1 aliphatic heterocycles. The number of thiazole rings is 1. The number of rotatable bonds is 6. The van der Waals surface area contributed by atoms with Crippen LogP contribution in [0, 0.1) is 0 Å². The first kappa shape index (κ1) is 19.1. The highest BCUT2D eigenvalue weighted by molar-refractivity contribution is 7.15. The monoisotopic (exact) mass is 417 g/mol. The fourth-order valence-corrected chi connectivity index (χ4v) is 4.17. The van der Waals surface area contributed by atoms with Gasteiger partial charge in [0.25, 0.3) is 0 Å². The molecule has 0 aliphatic carbocycles. The van der Waals surface area contributed by atoms with E-state index in [4.69, 9.17) is 21.1 Å². The lowest BCUT2D eigenvalue weighted by molar-refractivity contribution is -0.144. The van der Waals surface area contributed by atoms with Gasteiger partial charge in [0.2, 0.25) is 0 Å². The molecule has 0 bridgehead atoms. The smallest absolute Gasteiger partial charge is 0.330 e. The van der Waals surface area contributed by atoms with Gasteiger partial charge in [-0.15, -0.1) is 11.3 Å². The lowest BCUT2D eigenvalue weighted by atomic mass is 10.2. The molecular formula is C20H20ClN3O3S. The summed E-state index contributed by atoms with van der Waals surface area (Å²) in [5, 5.41) is 2.28. The fraction of sp³-hybridized carbons (Fsp3) is 0.300. The molecule has 0 amide bonds. The number of esters is 1. The van der Waals surface area contributed by atoms with Crippen LogP contribution in [0.2, 0.25) is 5.15 Å². The number of hydrogen-bond donors (Lipinski definition) is 0. The Balaban J connectivity index is 1.28. The molecule has 0 radical (unpaired) electrons. The highest BCUT2D eigenvalue weighted by atomic mass is 35.5. The van der Waals surface area contributed by atoms with Gasteiger partial charge in [0.1, 0.15) is 12.7 Å². The number of benzene rings is 1. The summed E-state index contributed by atoms with van der Waals surface area (Å²) in [5.74, 6) is -0.426. The van der Waals surface area contributed by atoms with Gasteiger partial charge in [0.05, 0.1) is 12.3 Å². The second kappa shape index (κ2) is 8.87. The molecule has 1 saturated heterocycles. The van der Waals surface area contributed by atoms with Crippen molar-refractivity contribution in [2.24, 2.45) is 0 Å². The Labute approximate surface area is 172 Å². The number of nitrogens with zero attached hydrogens (tertiary/aromatic N) is 3. The summed E-state index contributed by atoms with van der Waals surface area (Å²) in [6.07, 6.45) is 4.73. The standard InChI is InChI=1S/C20H20ClN3O3S/c21-19-17(24-9-11-28-20(24)22-19)6-7-18(25)27-14-16-13-23(8-10-26-16)12-15-4-2-1-3-5-15/h1-7,9,11,16H,8,10,12-14H2/b7-6+/t16-/m1/s1. The van der Waals surface area contributed by atoms with Crippen LogP contribution in [-0.4, -0.2) is 52.7 Å². The van der Waals surface area contributed by atoms with Crippen molar-refractivity contribution in [3.63, 3.8) is 0 Å². The van der Waals surface area contributed by atoms with Crippen LogP contribution in [0.25, 0.3) is 11.0 Å². The molecule has 1 atom stereocenters. The number of fused-ring (bicyclic) bond motifs is 1. The minimum Gasteiger partial charge on any atom is -0.460 e. The number of ether oxygens (including phenoxy) is 2. The Morgan fingerprint density at radius 2 is 2.25 bits per heavy atom. The Morgan fingerprint density at radius 1 is 1.39 bits per heavy atom. The summed E-state index contributed by atoms with van der Waals surface area (Å²) in [6.45, 7) is 3.32. The second-order valence-corrected chi connectivity index (χ2v) is 7.75. The summed E-state index contributed by atoms with van der Waals surface area (Å²) in [4.78, 5) is 19.4. The third kappa shape index (κ3) is 4.62. The Bertz CT molecular complexity index is 970. The van der Waals surface area contributed by atoms with Crippen LogP contribution < -0.4 is 0 Å². The van der Waals surface area contributed by atoms with Crippen LogP contribution in [-0.2, 0) is 20.8 Å². The van der Waals surface area contributed by atoms with Gasteiger partial charge in [0.15, 0.2) is 10.1 Å². The Morgan fingerprint density at radius 3 is 3.11 bits per heavy atom. The zero-order chi connectivity index (χ0) is 19.3. The first-order valence-corrected chi connectivity index (χ1v) is 10.3. The van der Waals surface area contributed by atoms with Crippen molar-refractivity contribution in [3.8, 4) is 0 Å². The van der Waals surface area contributed by atoms with E-state index in [0.29, 0.717) is 17.5 Å². The van der Waals surface area contributed by atoms with Crippen LogP contribution >= 0.6 is 22.9 Å². The average Bonchev–Trinajstić information content (AvgIpc) is 3.26. The molecule has 1 fully saturated rings. The number of halogens is 1. The minimum atomic E-state index is -0.426. The molecule has 3 heterocycles. The average molecular weight is 418 g/mol. The summed E-state index contributed by atoms with van der Waals surface area (Å²) < 4.78 is 12.9. The van der Waals surface area contributed by atoms with Crippen molar-refractivity contribution in [1.29, 1.82) is 0 Å². The number of morpholine rings is 1. The second-order valence-electron chi connectivity index (χ2n) is 6.52. The van der Waals surface area contributed by atoms with Crippen molar-refractivity contribution in [3.05, 3.63) is 64.4 Å². The number of hydrogen-bond acceptors (Lipinski definition) is 6. The molecule has 6 nitrogen and oxygen atoms in total. The van der Waals surface area contributed by atoms with Crippen LogP contribution in [0.3, 0.4) is 0 Å². The third-order valence-electron chi connectivity index (χ3n) is 4.51. The number of imidazole rings is 1. The largest absolute Gasteiger partial charge is 0.460 e. The highest BCUT2D eigenvalue weighted by Crippen LogP contribution is 2.22. The van der Waals surface area contributed by atoms with E-state index in [1.165, 1.54) is 23.0 Å². The van der Waals surface area contributed by atoms with E-state index < -0.39 is 5.97 Å². The molecule has 8 heteroatoms. The predicted molar refractivity (Wildman–Crippen MR) is 110 cm³/mol. The molecule has 1 aliphatic rings. The van der Waals surface area contributed by atoms with Crippen molar-refractivity contribution in [1.82, 2.24) is 14.3 Å². The van der Waals surface area contributed by atoms with Crippen molar-refractivity contribution >= 4 is 39.9 Å². The predicted octanol–water partition coefficient (Wildman–Crippen LogP) is 3.51. The number of aromatic nitrogens is 2. The van der Waals surface area contributed by atoms with Gasteiger partial charge in [-0.25, -0.2) is 9.78 Å². The van der Waals surface area contributed by atoms with Gasteiger partial charge >= 0.3 is 5.97 Å². The maximum atomic E-state index is 12.1. The maximum Gasteiger partial charge on any atom is 0.330 e. The van der Waals surface area contributed by atoms with E-state index in [1.54, 1.807) is 6.08 Å². The molecular weight excluding hydrogens is 398 g/mol. The van der Waals surface area contributed by atoms with Gasteiger partial charge in [0, 0.05) is 37.3 Å². The zero-order valence-electron chi connectivity index (χ0n) is 15.2. The molecule has 0 unspecified atom stereocenters. The van der Waals surface area contributed by atoms with E-state index in [-0.39, 0.29) is 12.7 Å². The topological polar surface area (TPSA) is 56.1 Å². The lowest BCUT2D eigenvalue weighted by Gasteiger charge is -2.32. The molecule has 28 heavy (non-hydrogen) atoms. The third-order valence-corrected chi connectivity index (χ3v) is 5.55. The number of carbonyl (C=O) groups is 1. The lowest BCUT2D eigenvalue weighted by Crippen LogP contribution is -2.44. The molecule has 3 aromatic rings. The normalized spacial score (nSPS) is 18.1. The van der Waals surface area contributed by atoms with Gasteiger partial charge in [-0.05, 0) is 11.6 Å².